The lowest BCUT2D eigenvalue weighted by Crippen LogP contribution is -2.22. The largest absolute Gasteiger partial charge is 0.383 e. The van der Waals surface area contributed by atoms with Crippen LogP contribution in [0.4, 0.5) is 0 Å². The van der Waals surface area contributed by atoms with E-state index in [9.17, 15) is 4.79 Å². The molecule has 3 aromatic heterocycles. The normalized spacial score (nSPS) is 11.3. The zero-order valence-corrected chi connectivity index (χ0v) is 11.7. The minimum atomic E-state index is -0.0760. The average molecular weight is 288 g/mol. The van der Waals surface area contributed by atoms with Gasteiger partial charge in [-0.15, -0.1) is 10.2 Å². The number of methoxy groups -OCH3 is 1. The van der Waals surface area contributed by atoms with Crippen LogP contribution >= 0.6 is 0 Å². The van der Waals surface area contributed by atoms with Crippen molar-refractivity contribution in [3.8, 4) is 0 Å². The highest BCUT2D eigenvalue weighted by molar-refractivity contribution is 5.73. The number of aryl methyl sites for hydroxylation is 2. The molecule has 0 unspecified atom stereocenters. The van der Waals surface area contributed by atoms with Crippen molar-refractivity contribution in [2.24, 2.45) is 0 Å². The molecule has 3 rings (SSSR count). The maximum atomic E-state index is 12.2. The van der Waals surface area contributed by atoms with Crippen molar-refractivity contribution in [3.05, 3.63) is 41.1 Å². The van der Waals surface area contributed by atoms with Gasteiger partial charge in [0.25, 0.3) is 5.56 Å². The van der Waals surface area contributed by atoms with Gasteiger partial charge >= 0.3 is 0 Å². The Morgan fingerprint density at radius 3 is 3.05 bits per heavy atom. The van der Waals surface area contributed by atoms with Gasteiger partial charge in [-0.1, -0.05) is 0 Å². The van der Waals surface area contributed by atoms with Crippen molar-refractivity contribution in [1.82, 2.24) is 29.3 Å². The molecule has 0 saturated heterocycles. The minimum Gasteiger partial charge on any atom is -0.383 e. The number of ether oxygens (including phenoxy) is 1. The van der Waals surface area contributed by atoms with Crippen molar-refractivity contribution in [1.29, 1.82) is 0 Å². The van der Waals surface area contributed by atoms with Crippen molar-refractivity contribution in [2.75, 3.05) is 13.7 Å². The zero-order chi connectivity index (χ0) is 14.7. The highest BCUT2D eigenvalue weighted by Gasteiger charge is 2.08. The van der Waals surface area contributed by atoms with Gasteiger partial charge in [0.2, 0.25) is 0 Å². The van der Waals surface area contributed by atoms with Crippen LogP contribution in [0.1, 0.15) is 5.82 Å². The van der Waals surface area contributed by atoms with Crippen LogP contribution in [-0.2, 0) is 24.2 Å². The second-order valence-electron chi connectivity index (χ2n) is 4.66. The van der Waals surface area contributed by atoms with E-state index in [0.29, 0.717) is 37.2 Å². The maximum Gasteiger partial charge on any atom is 0.277 e. The molecule has 0 aromatic carbocycles. The van der Waals surface area contributed by atoms with E-state index < -0.39 is 0 Å². The summed E-state index contributed by atoms with van der Waals surface area (Å²) in [7, 11) is 1.65. The molecule has 0 aliphatic rings. The molecule has 0 atom stereocenters. The lowest BCUT2D eigenvalue weighted by Gasteiger charge is -2.07. The highest BCUT2D eigenvalue weighted by Crippen LogP contribution is 2.03. The van der Waals surface area contributed by atoms with Gasteiger partial charge < -0.3 is 14.3 Å². The van der Waals surface area contributed by atoms with Crippen LogP contribution in [0.5, 0.6) is 0 Å². The Bertz CT molecular complexity index is 787. The first-order chi connectivity index (χ1) is 10.3. The van der Waals surface area contributed by atoms with E-state index in [1.165, 1.54) is 0 Å². The first-order valence-electron chi connectivity index (χ1n) is 6.67. The van der Waals surface area contributed by atoms with Crippen molar-refractivity contribution < 1.29 is 4.74 Å². The van der Waals surface area contributed by atoms with Gasteiger partial charge in [0.05, 0.1) is 18.5 Å². The Morgan fingerprint density at radius 1 is 1.29 bits per heavy atom. The molecule has 8 heteroatoms. The van der Waals surface area contributed by atoms with Crippen LogP contribution in [0.2, 0.25) is 0 Å². The Labute approximate surface area is 120 Å². The molecule has 0 saturated carbocycles. The fourth-order valence-electron chi connectivity index (χ4n) is 2.20. The number of hydrogen-bond acceptors (Lipinski definition) is 5. The van der Waals surface area contributed by atoms with Crippen molar-refractivity contribution in [2.45, 2.75) is 19.5 Å². The zero-order valence-electron chi connectivity index (χ0n) is 11.7. The molecule has 0 bridgehead atoms. The lowest BCUT2D eigenvalue weighted by molar-refractivity contribution is 0.186. The molecule has 21 heavy (non-hydrogen) atoms. The van der Waals surface area contributed by atoms with Crippen LogP contribution in [0.3, 0.4) is 0 Å². The van der Waals surface area contributed by atoms with E-state index in [0.717, 1.165) is 5.82 Å². The number of H-pyrrole nitrogens is 1. The molecular formula is C13H16N6O2. The minimum absolute atomic E-state index is 0.0760. The average Bonchev–Trinajstić information content (AvgIpc) is 3.13. The van der Waals surface area contributed by atoms with Gasteiger partial charge in [-0.2, -0.15) is 0 Å². The number of nitrogens with one attached hydrogen (secondary N) is 1. The summed E-state index contributed by atoms with van der Waals surface area (Å²) in [5.74, 6) is 0.825. The maximum absolute atomic E-state index is 12.2. The third-order valence-corrected chi connectivity index (χ3v) is 3.34. The third kappa shape index (κ3) is 2.70. The van der Waals surface area contributed by atoms with Gasteiger partial charge in [0.1, 0.15) is 17.7 Å². The summed E-state index contributed by atoms with van der Waals surface area (Å²) in [6.45, 7) is 1.80. The van der Waals surface area contributed by atoms with Gasteiger partial charge in [0.15, 0.2) is 0 Å². The molecule has 3 heterocycles. The van der Waals surface area contributed by atoms with E-state index in [1.54, 1.807) is 36.6 Å². The summed E-state index contributed by atoms with van der Waals surface area (Å²) >= 11 is 0. The quantitative estimate of drug-likeness (QED) is 0.700. The van der Waals surface area contributed by atoms with Crippen molar-refractivity contribution in [3.63, 3.8) is 0 Å². The van der Waals surface area contributed by atoms with Gasteiger partial charge in [-0.05, 0) is 6.07 Å². The van der Waals surface area contributed by atoms with Crippen LogP contribution in [0.15, 0.2) is 29.7 Å². The number of rotatable bonds is 6. The van der Waals surface area contributed by atoms with E-state index in [2.05, 4.69) is 20.2 Å². The Morgan fingerprint density at radius 2 is 2.19 bits per heavy atom. The van der Waals surface area contributed by atoms with Crippen LogP contribution < -0.4 is 5.56 Å². The summed E-state index contributed by atoms with van der Waals surface area (Å²) in [6.07, 6.45) is 5.56. The summed E-state index contributed by atoms with van der Waals surface area (Å²) in [5, 5.41) is 7.98. The predicted molar refractivity (Wildman–Crippen MR) is 76.0 cm³/mol. The Hall–Kier alpha value is -2.48. The molecule has 3 aromatic rings. The SMILES string of the molecule is COCCn1cnnc1CCn1cnc2cc[nH]c2c1=O. The molecule has 0 fully saturated rings. The monoisotopic (exact) mass is 288 g/mol. The second-order valence-corrected chi connectivity index (χ2v) is 4.66. The Kier molecular flexibility index (Phi) is 3.78. The van der Waals surface area contributed by atoms with Crippen molar-refractivity contribution >= 4 is 11.0 Å². The van der Waals surface area contributed by atoms with E-state index in [1.807, 2.05) is 4.57 Å². The second kappa shape index (κ2) is 5.88. The molecule has 0 aliphatic carbocycles. The van der Waals surface area contributed by atoms with E-state index in [4.69, 9.17) is 4.74 Å². The summed E-state index contributed by atoms with van der Waals surface area (Å²) in [6, 6.07) is 1.78. The van der Waals surface area contributed by atoms with E-state index >= 15 is 0 Å². The number of aromatic amines is 1. The molecular weight excluding hydrogens is 272 g/mol. The molecule has 1 N–H and O–H groups in total. The first kappa shape index (κ1) is 13.5. The number of nitrogens with zero attached hydrogens (tertiary/aromatic N) is 5. The first-order valence-corrected chi connectivity index (χ1v) is 6.67. The van der Waals surface area contributed by atoms with Crippen LogP contribution in [0.25, 0.3) is 11.0 Å². The number of fused-ring (bicyclic) bond motifs is 1. The number of aromatic nitrogens is 6. The predicted octanol–water partition coefficient (Wildman–Crippen LogP) is 0.205. The fraction of sp³-hybridized carbons (Fsp3) is 0.385. The molecule has 0 amide bonds. The summed E-state index contributed by atoms with van der Waals surface area (Å²) in [5.41, 5.74) is 1.13. The topological polar surface area (TPSA) is 90.6 Å². The standard InChI is InChI=1S/C13H16N6O2/c1-21-7-6-18-9-16-17-11(18)3-5-19-8-15-10-2-4-14-12(10)13(19)20/h2,4,8-9,14H,3,5-7H2,1H3. The third-order valence-electron chi connectivity index (χ3n) is 3.34. The lowest BCUT2D eigenvalue weighted by atomic mass is 10.3. The summed E-state index contributed by atoms with van der Waals surface area (Å²) < 4.78 is 8.55. The van der Waals surface area contributed by atoms with Crippen LogP contribution in [0, 0.1) is 0 Å². The number of hydrogen-bond donors (Lipinski definition) is 1. The summed E-state index contributed by atoms with van der Waals surface area (Å²) in [4.78, 5) is 19.4. The van der Waals surface area contributed by atoms with Gasteiger partial charge in [0, 0.05) is 32.8 Å². The molecule has 8 nitrogen and oxygen atoms in total. The van der Waals surface area contributed by atoms with Crippen LogP contribution in [-0.4, -0.2) is 43.0 Å². The molecule has 0 aliphatic heterocycles. The smallest absolute Gasteiger partial charge is 0.277 e. The fourth-order valence-corrected chi connectivity index (χ4v) is 2.20. The Balaban J connectivity index is 1.76. The van der Waals surface area contributed by atoms with Gasteiger partial charge in [-0.25, -0.2) is 4.98 Å². The molecule has 0 spiro atoms. The van der Waals surface area contributed by atoms with E-state index in [-0.39, 0.29) is 5.56 Å². The highest BCUT2D eigenvalue weighted by atomic mass is 16.5. The molecule has 0 radical (unpaired) electrons. The molecule has 110 valence electrons. The van der Waals surface area contributed by atoms with Gasteiger partial charge in [-0.3, -0.25) is 9.36 Å².